The minimum absolute atomic E-state index is 0.669. The summed E-state index contributed by atoms with van der Waals surface area (Å²) in [5.41, 5.74) is 1.37. The topological polar surface area (TPSA) is 0 Å². The van der Waals surface area contributed by atoms with Gasteiger partial charge in [0.25, 0.3) is 0 Å². The third kappa shape index (κ3) is 2.49. The van der Waals surface area contributed by atoms with Crippen LogP contribution in [0.1, 0.15) is 19.4 Å². The Kier molecular flexibility index (Phi) is 3.60. The van der Waals surface area contributed by atoms with Crippen molar-refractivity contribution in [1.82, 2.24) is 0 Å². The van der Waals surface area contributed by atoms with Gasteiger partial charge in [0, 0.05) is 20.9 Å². The van der Waals surface area contributed by atoms with E-state index in [0.29, 0.717) is 5.25 Å². The second-order valence-electron chi connectivity index (χ2n) is 3.73. The normalized spacial score (nSPS) is 11.5. The minimum atomic E-state index is 0.669. The maximum atomic E-state index is 6.22. The van der Waals surface area contributed by atoms with Crippen LogP contribution in [-0.2, 0) is 5.75 Å². The van der Waals surface area contributed by atoms with Gasteiger partial charge in [-0.15, -0.1) is 11.3 Å². The summed E-state index contributed by atoms with van der Waals surface area (Å²) in [6.45, 7) is 4.45. The van der Waals surface area contributed by atoms with E-state index >= 15 is 0 Å². The van der Waals surface area contributed by atoms with E-state index in [1.165, 1.54) is 15.6 Å². The van der Waals surface area contributed by atoms with E-state index in [1.807, 2.05) is 23.9 Å². The van der Waals surface area contributed by atoms with Crippen molar-refractivity contribution in [3.63, 3.8) is 0 Å². The monoisotopic (exact) mass is 256 g/mol. The lowest BCUT2D eigenvalue weighted by molar-refractivity contribution is 1.11. The molecule has 0 bridgehead atoms. The Morgan fingerprint density at radius 2 is 2.20 bits per heavy atom. The molecule has 1 aromatic carbocycles. The molecule has 0 unspecified atom stereocenters. The molecular weight excluding hydrogens is 244 g/mol. The smallest absolute Gasteiger partial charge is 0.0495 e. The zero-order valence-electron chi connectivity index (χ0n) is 8.79. The Morgan fingerprint density at radius 1 is 1.40 bits per heavy atom. The molecular formula is C12H13ClS2. The molecule has 2 aromatic rings. The van der Waals surface area contributed by atoms with Crippen molar-refractivity contribution in [3.05, 3.63) is 34.2 Å². The van der Waals surface area contributed by atoms with Gasteiger partial charge in [-0.05, 0) is 28.3 Å². The predicted octanol–water partition coefficient (Wildman–Crippen LogP) is 5.20. The zero-order valence-corrected chi connectivity index (χ0v) is 11.2. The number of thioether (sulfide) groups is 1. The molecule has 0 radical (unpaired) electrons. The second kappa shape index (κ2) is 4.77. The van der Waals surface area contributed by atoms with Crippen molar-refractivity contribution in [1.29, 1.82) is 0 Å². The average Bonchev–Trinajstić information content (AvgIpc) is 2.59. The van der Waals surface area contributed by atoms with Gasteiger partial charge in [-0.2, -0.15) is 11.8 Å². The molecule has 80 valence electrons. The van der Waals surface area contributed by atoms with Gasteiger partial charge in [0.2, 0.25) is 0 Å². The molecule has 0 N–H and O–H groups in total. The standard InChI is InChI=1S/C12H13ClS2/c1-8(2)14-6-9-7-15-11-5-3-4-10(13)12(9)11/h3-5,7-8H,6H2,1-2H3. The van der Waals surface area contributed by atoms with E-state index in [4.69, 9.17) is 11.6 Å². The Labute approximate surface area is 104 Å². The molecule has 0 atom stereocenters. The van der Waals surface area contributed by atoms with Gasteiger partial charge in [-0.1, -0.05) is 31.5 Å². The summed E-state index contributed by atoms with van der Waals surface area (Å²) >= 11 is 9.96. The highest BCUT2D eigenvalue weighted by molar-refractivity contribution is 7.99. The van der Waals surface area contributed by atoms with Crippen molar-refractivity contribution in [2.45, 2.75) is 24.9 Å². The van der Waals surface area contributed by atoms with E-state index in [0.717, 1.165) is 10.8 Å². The first kappa shape index (κ1) is 11.3. The van der Waals surface area contributed by atoms with E-state index in [9.17, 15) is 0 Å². The molecule has 0 amide bonds. The quantitative estimate of drug-likeness (QED) is 0.728. The van der Waals surface area contributed by atoms with Crippen LogP contribution in [0, 0.1) is 0 Å². The first-order valence-electron chi connectivity index (χ1n) is 4.94. The summed E-state index contributed by atoms with van der Waals surface area (Å²) in [5, 5.41) is 5.03. The van der Waals surface area contributed by atoms with Gasteiger partial charge in [0.15, 0.2) is 0 Å². The predicted molar refractivity (Wildman–Crippen MR) is 73.3 cm³/mol. The van der Waals surface area contributed by atoms with Gasteiger partial charge in [-0.25, -0.2) is 0 Å². The zero-order chi connectivity index (χ0) is 10.8. The van der Waals surface area contributed by atoms with Crippen LogP contribution < -0.4 is 0 Å². The maximum absolute atomic E-state index is 6.22. The van der Waals surface area contributed by atoms with Crippen LogP contribution in [0.25, 0.3) is 10.1 Å². The summed E-state index contributed by atoms with van der Waals surface area (Å²) in [5.74, 6) is 1.06. The molecule has 0 nitrogen and oxygen atoms in total. The first-order valence-corrected chi connectivity index (χ1v) is 7.25. The lowest BCUT2D eigenvalue weighted by Crippen LogP contribution is -1.87. The Balaban J connectivity index is 2.35. The van der Waals surface area contributed by atoms with Crippen LogP contribution in [-0.4, -0.2) is 5.25 Å². The Bertz CT molecular complexity index is 460. The highest BCUT2D eigenvalue weighted by atomic mass is 35.5. The largest absolute Gasteiger partial charge is 0.154 e. The van der Waals surface area contributed by atoms with E-state index in [-0.39, 0.29) is 0 Å². The molecule has 0 aliphatic carbocycles. The molecule has 0 fully saturated rings. The summed E-state index contributed by atoms with van der Waals surface area (Å²) in [6, 6.07) is 6.12. The SMILES string of the molecule is CC(C)SCc1csc2cccc(Cl)c12. The molecule has 3 heteroatoms. The van der Waals surface area contributed by atoms with Gasteiger partial charge in [-0.3, -0.25) is 0 Å². The van der Waals surface area contributed by atoms with Crippen molar-refractivity contribution < 1.29 is 0 Å². The fourth-order valence-corrected chi connectivity index (χ4v) is 3.65. The van der Waals surface area contributed by atoms with Gasteiger partial charge >= 0.3 is 0 Å². The molecule has 0 saturated carbocycles. The molecule has 0 aliphatic rings. The fraction of sp³-hybridized carbons (Fsp3) is 0.333. The summed E-state index contributed by atoms with van der Waals surface area (Å²) < 4.78 is 1.29. The highest BCUT2D eigenvalue weighted by Crippen LogP contribution is 2.34. The number of hydrogen-bond donors (Lipinski definition) is 0. The molecule has 0 saturated heterocycles. The maximum Gasteiger partial charge on any atom is 0.0495 e. The molecule has 1 heterocycles. The average molecular weight is 257 g/mol. The fourth-order valence-electron chi connectivity index (χ4n) is 1.47. The third-order valence-corrected chi connectivity index (χ3v) is 4.65. The summed E-state index contributed by atoms with van der Waals surface area (Å²) in [4.78, 5) is 0. The first-order chi connectivity index (χ1) is 7.18. The molecule has 1 aromatic heterocycles. The minimum Gasteiger partial charge on any atom is -0.154 e. The number of hydrogen-bond acceptors (Lipinski definition) is 2. The lowest BCUT2D eigenvalue weighted by Gasteiger charge is -2.04. The second-order valence-corrected chi connectivity index (χ2v) is 6.62. The number of fused-ring (bicyclic) bond motifs is 1. The highest BCUT2D eigenvalue weighted by Gasteiger charge is 2.08. The van der Waals surface area contributed by atoms with Gasteiger partial charge in [0.05, 0.1) is 0 Å². The van der Waals surface area contributed by atoms with Crippen LogP contribution >= 0.6 is 34.7 Å². The summed E-state index contributed by atoms with van der Waals surface area (Å²) in [6.07, 6.45) is 0. The lowest BCUT2D eigenvalue weighted by atomic mass is 10.2. The van der Waals surface area contributed by atoms with Gasteiger partial charge < -0.3 is 0 Å². The molecule has 0 aliphatic heterocycles. The number of benzene rings is 1. The van der Waals surface area contributed by atoms with E-state index in [1.54, 1.807) is 11.3 Å². The van der Waals surface area contributed by atoms with Crippen LogP contribution in [0.3, 0.4) is 0 Å². The number of thiophene rings is 1. The Hall–Kier alpha value is -0.180. The number of rotatable bonds is 3. The number of halogens is 1. The van der Waals surface area contributed by atoms with E-state index in [2.05, 4.69) is 25.3 Å². The van der Waals surface area contributed by atoms with Gasteiger partial charge in [0.1, 0.15) is 0 Å². The van der Waals surface area contributed by atoms with Crippen molar-refractivity contribution >= 4 is 44.8 Å². The van der Waals surface area contributed by atoms with Crippen LogP contribution in [0.4, 0.5) is 0 Å². The molecule has 2 rings (SSSR count). The van der Waals surface area contributed by atoms with Crippen LogP contribution in [0.2, 0.25) is 5.02 Å². The van der Waals surface area contributed by atoms with Crippen LogP contribution in [0.5, 0.6) is 0 Å². The third-order valence-electron chi connectivity index (χ3n) is 2.20. The van der Waals surface area contributed by atoms with E-state index < -0.39 is 0 Å². The van der Waals surface area contributed by atoms with Crippen molar-refractivity contribution in [2.24, 2.45) is 0 Å². The van der Waals surface area contributed by atoms with Crippen molar-refractivity contribution in [2.75, 3.05) is 0 Å². The Morgan fingerprint density at radius 3 is 2.93 bits per heavy atom. The molecule has 0 spiro atoms. The van der Waals surface area contributed by atoms with Crippen LogP contribution in [0.15, 0.2) is 23.6 Å². The summed E-state index contributed by atoms with van der Waals surface area (Å²) in [7, 11) is 0. The molecule has 15 heavy (non-hydrogen) atoms. The van der Waals surface area contributed by atoms with Crippen molar-refractivity contribution in [3.8, 4) is 0 Å².